The number of hydrogen-bond donors (Lipinski definition) is 0. The molecule has 2 fully saturated rings. The molecule has 0 saturated carbocycles. The summed E-state index contributed by atoms with van der Waals surface area (Å²) in [5, 5.41) is 2.48. The first-order chi connectivity index (χ1) is 19.5. The lowest BCUT2D eigenvalue weighted by atomic mass is 9.94. The molecule has 206 valence electrons. The topological polar surface area (TPSA) is 54.4 Å². The number of ether oxygens (including phenoxy) is 1. The first kappa shape index (κ1) is 26.5. The van der Waals surface area contributed by atoms with Crippen LogP contribution < -0.4 is 9.64 Å². The molecule has 2 aliphatic rings. The molecule has 1 unspecified atom stereocenters. The predicted octanol–water partition coefficient (Wildman–Crippen LogP) is 6.37. The quantitative estimate of drug-likeness (QED) is 0.276. The van der Waals surface area contributed by atoms with Crippen molar-refractivity contribution in [1.82, 2.24) is 19.9 Å². The van der Waals surface area contributed by atoms with E-state index < -0.39 is 5.82 Å². The Kier molecular flexibility index (Phi) is 7.29. The molecule has 2 aromatic heterocycles. The molecule has 6 nitrogen and oxygen atoms in total. The van der Waals surface area contributed by atoms with Gasteiger partial charge in [-0.1, -0.05) is 44.0 Å². The highest BCUT2D eigenvalue weighted by molar-refractivity contribution is 6.03. The second-order valence-corrected chi connectivity index (χ2v) is 11.2. The fourth-order valence-electron chi connectivity index (χ4n) is 6.31. The Labute approximate surface area is 235 Å². The standard InChI is InChI=1S/C33H36FN5O/c1-5-25-28(34)13-12-23-10-7-11-26(29(23)25)30-22(4)31-27(19-35-30)32(39-16-8-9-21(3)20-39)37-33(36-31)40-24-14-17-38(6-2)18-15-24/h1,7,10-13,19,21,24H,6,8-9,14-18,20H2,2-4H3. The molecule has 0 spiro atoms. The molecule has 2 aromatic carbocycles. The summed E-state index contributed by atoms with van der Waals surface area (Å²) in [6.45, 7) is 11.5. The molecule has 2 aliphatic heterocycles. The zero-order valence-electron chi connectivity index (χ0n) is 23.6. The number of terminal acetylenes is 1. The Morgan fingerprint density at radius 2 is 1.93 bits per heavy atom. The second-order valence-electron chi connectivity index (χ2n) is 11.2. The Morgan fingerprint density at radius 3 is 2.67 bits per heavy atom. The smallest absolute Gasteiger partial charge is 0.319 e. The zero-order valence-corrected chi connectivity index (χ0v) is 23.6. The van der Waals surface area contributed by atoms with Crippen molar-refractivity contribution in [3.63, 3.8) is 0 Å². The van der Waals surface area contributed by atoms with Crippen molar-refractivity contribution in [2.45, 2.75) is 52.6 Å². The summed E-state index contributed by atoms with van der Waals surface area (Å²) in [5.41, 5.74) is 3.49. The summed E-state index contributed by atoms with van der Waals surface area (Å²) in [6.07, 6.45) is 12.0. The molecule has 2 saturated heterocycles. The van der Waals surface area contributed by atoms with E-state index in [1.807, 2.05) is 31.3 Å². The normalized spacial score (nSPS) is 18.8. The molecule has 4 aromatic rings. The Morgan fingerprint density at radius 1 is 1.10 bits per heavy atom. The van der Waals surface area contributed by atoms with E-state index in [4.69, 9.17) is 26.1 Å². The number of anilines is 1. The Bertz CT molecular complexity index is 1600. The molecule has 1 atom stereocenters. The van der Waals surface area contributed by atoms with Gasteiger partial charge in [-0.05, 0) is 56.5 Å². The summed E-state index contributed by atoms with van der Waals surface area (Å²) >= 11 is 0. The highest BCUT2D eigenvalue weighted by atomic mass is 19.1. The summed E-state index contributed by atoms with van der Waals surface area (Å²) in [5.74, 6) is 3.62. The van der Waals surface area contributed by atoms with E-state index in [1.165, 1.54) is 12.5 Å². The van der Waals surface area contributed by atoms with Crippen LogP contribution in [-0.4, -0.2) is 58.7 Å². The number of piperidine rings is 2. The van der Waals surface area contributed by atoms with Crippen molar-refractivity contribution in [3.05, 3.63) is 53.5 Å². The maximum Gasteiger partial charge on any atom is 0.319 e. The molecule has 0 N–H and O–H groups in total. The minimum absolute atomic E-state index is 0.0919. The maximum atomic E-state index is 14.8. The highest BCUT2D eigenvalue weighted by Crippen LogP contribution is 2.38. The van der Waals surface area contributed by atoms with E-state index in [0.29, 0.717) is 17.3 Å². The van der Waals surface area contributed by atoms with Crippen LogP contribution in [0, 0.1) is 31.0 Å². The van der Waals surface area contributed by atoms with Crippen molar-refractivity contribution in [2.75, 3.05) is 37.6 Å². The van der Waals surface area contributed by atoms with Crippen LogP contribution in [0.5, 0.6) is 6.01 Å². The lowest BCUT2D eigenvalue weighted by Gasteiger charge is -2.33. The van der Waals surface area contributed by atoms with Crippen LogP contribution in [0.15, 0.2) is 36.5 Å². The van der Waals surface area contributed by atoms with Crippen molar-refractivity contribution >= 4 is 27.5 Å². The number of likely N-dealkylation sites (tertiary alicyclic amines) is 1. The van der Waals surface area contributed by atoms with Crippen LogP contribution in [0.1, 0.15) is 50.7 Å². The molecule has 40 heavy (non-hydrogen) atoms. The average Bonchev–Trinajstić information content (AvgIpc) is 2.97. The molecule has 0 aliphatic carbocycles. The number of halogens is 1. The summed E-state index contributed by atoms with van der Waals surface area (Å²) in [4.78, 5) is 19.7. The third-order valence-electron chi connectivity index (χ3n) is 8.54. The third-order valence-corrected chi connectivity index (χ3v) is 8.54. The summed E-state index contributed by atoms with van der Waals surface area (Å²) in [7, 11) is 0. The number of hydrogen-bond acceptors (Lipinski definition) is 6. The van der Waals surface area contributed by atoms with Gasteiger partial charge in [-0.2, -0.15) is 9.97 Å². The van der Waals surface area contributed by atoms with Gasteiger partial charge >= 0.3 is 6.01 Å². The van der Waals surface area contributed by atoms with Crippen molar-refractivity contribution < 1.29 is 9.13 Å². The Hall–Kier alpha value is -3.76. The molecule has 6 rings (SSSR count). The largest absolute Gasteiger partial charge is 0.460 e. The number of rotatable bonds is 5. The lowest BCUT2D eigenvalue weighted by Crippen LogP contribution is -2.38. The van der Waals surface area contributed by atoms with E-state index in [1.54, 1.807) is 6.07 Å². The van der Waals surface area contributed by atoms with E-state index in [9.17, 15) is 4.39 Å². The van der Waals surface area contributed by atoms with Gasteiger partial charge in [0.15, 0.2) is 0 Å². The maximum absolute atomic E-state index is 14.8. The number of nitrogens with zero attached hydrogens (tertiary/aromatic N) is 5. The number of fused-ring (bicyclic) bond motifs is 2. The molecular weight excluding hydrogens is 501 g/mol. The number of benzene rings is 2. The first-order valence-corrected chi connectivity index (χ1v) is 14.5. The summed E-state index contributed by atoms with van der Waals surface area (Å²) in [6, 6.07) is 9.47. The minimum Gasteiger partial charge on any atom is -0.460 e. The van der Waals surface area contributed by atoms with Gasteiger partial charge in [-0.15, -0.1) is 6.42 Å². The molecule has 7 heteroatoms. The molecule has 0 radical (unpaired) electrons. The Balaban J connectivity index is 1.50. The van der Waals surface area contributed by atoms with Gasteiger partial charge in [-0.25, -0.2) is 4.39 Å². The van der Waals surface area contributed by atoms with Crippen molar-refractivity contribution in [2.24, 2.45) is 5.92 Å². The molecule has 0 bridgehead atoms. The summed E-state index contributed by atoms with van der Waals surface area (Å²) < 4.78 is 21.2. The van der Waals surface area contributed by atoms with Gasteiger partial charge in [-0.3, -0.25) is 4.98 Å². The van der Waals surface area contributed by atoms with E-state index >= 15 is 0 Å². The predicted molar refractivity (Wildman–Crippen MR) is 159 cm³/mol. The van der Waals surface area contributed by atoms with Gasteiger partial charge in [0.1, 0.15) is 17.7 Å². The minimum atomic E-state index is -0.408. The van der Waals surface area contributed by atoms with Gasteiger partial charge in [0.05, 0.1) is 22.2 Å². The fraction of sp³-hybridized carbons (Fsp3) is 0.424. The van der Waals surface area contributed by atoms with Crippen LogP contribution in [0.4, 0.5) is 10.2 Å². The van der Waals surface area contributed by atoms with Crippen LogP contribution in [-0.2, 0) is 0 Å². The van der Waals surface area contributed by atoms with Gasteiger partial charge in [0.25, 0.3) is 0 Å². The number of pyridine rings is 1. The van der Waals surface area contributed by atoms with E-state index in [-0.39, 0.29) is 11.7 Å². The van der Waals surface area contributed by atoms with Gasteiger partial charge < -0.3 is 14.5 Å². The molecular formula is C33H36FN5O. The van der Waals surface area contributed by atoms with Crippen LogP contribution in [0.2, 0.25) is 0 Å². The number of aryl methyl sites for hydroxylation is 1. The van der Waals surface area contributed by atoms with Gasteiger partial charge in [0.2, 0.25) is 0 Å². The van der Waals surface area contributed by atoms with Crippen LogP contribution >= 0.6 is 0 Å². The zero-order chi connectivity index (χ0) is 27.8. The van der Waals surface area contributed by atoms with Crippen molar-refractivity contribution in [1.29, 1.82) is 0 Å². The molecule has 4 heterocycles. The van der Waals surface area contributed by atoms with E-state index in [2.05, 4.69) is 29.6 Å². The highest BCUT2D eigenvalue weighted by Gasteiger charge is 2.26. The van der Waals surface area contributed by atoms with E-state index in [0.717, 1.165) is 90.9 Å². The SMILES string of the molecule is C#Cc1c(F)ccc2cccc(-c3ncc4c(N5CCCC(C)C5)nc(OC5CCN(CC)CC5)nc4c3C)c12. The average molecular weight is 538 g/mol. The lowest BCUT2D eigenvalue weighted by molar-refractivity contribution is 0.0959. The first-order valence-electron chi connectivity index (χ1n) is 14.5. The number of aromatic nitrogens is 3. The third kappa shape index (κ3) is 4.86. The van der Waals surface area contributed by atoms with Crippen molar-refractivity contribution in [3.8, 4) is 29.6 Å². The monoisotopic (exact) mass is 537 g/mol. The molecule has 0 amide bonds. The van der Waals surface area contributed by atoms with Crippen LogP contribution in [0.25, 0.3) is 32.9 Å². The van der Waals surface area contributed by atoms with Crippen LogP contribution in [0.3, 0.4) is 0 Å². The van der Waals surface area contributed by atoms with Gasteiger partial charge in [0, 0.05) is 48.9 Å². The fourth-order valence-corrected chi connectivity index (χ4v) is 6.31. The second kappa shape index (κ2) is 11.0.